The number of fused-ring (bicyclic) bond motifs is 1. The van der Waals surface area contributed by atoms with Gasteiger partial charge in [0.1, 0.15) is 11.5 Å². The van der Waals surface area contributed by atoms with E-state index in [4.69, 9.17) is 16.3 Å². The van der Waals surface area contributed by atoms with Crippen LogP contribution in [0.4, 0.5) is 5.13 Å². The van der Waals surface area contributed by atoms with Crippen LogP contribution < -0.4 is 9.64 Å². The molecule has 5 rings (SSSR count). The van der Waals surface area contributed by atoms with E-state index < -0.39 is 17.7 Å². The van der Waals surface area contributed by atoms with Crippen LogP contribution in [0.5, 0.6) is 5.75 Å². The molecule has 0 spiro atoms. The lowest BCUT2D eigenvalue weighted by Gasteiger charge is -2.23. The minimum absolute atomic E-state index is 0.0196. The highest BCUT2D eigenvalue weighted by Crippen LogP contribution is 2.45. The third-order valence-electron chi connectivity index (χ3n) is 6.07. The van der Waals surface area contributed by atoms with Gasteiger partial charge in [-0.15, -0.1) is 0 Å². The predicted octanol–water partition coefficient (Wildman–Crippen LogP) is 6.20. The van der Waals surface area contributed by atoms with Crippen molar-refractivity contribution in [3.8, 4) is 5.75 Å². The number of rotatable bonds is 4. The standard InChI is InChI=1S/C27H21ClN2O4S/c1-14-4-5-15(2)19(12-14)24(31)22-23(16-6-9-18(34-3)10-7-16)30(26(33)25(22)32)27-29-20-11-8-17(28)13-21(20)35-27/h4-13,23,31H,1-3H3. The first-order chi connectivity index (χ1) is 16.8. The lowest BCUT2D eigenvalue weighted by atomic mass is 9.93. The Bertz CT molecular complexity index is 1520. The number of aryl methyl sites for hydroxylation is 2. The summed E-state index contributed by atoms with van der Waals surface area (Å²) in [4.78, 5) is 32.8. The number of hydrogen-bond donors (Lipinski definition) is 1. The van der Waals surface area contributed by atoms with Crippen LogP contribution in [-0.4, -0.2) is 28.9 Å². The average Bonchev–Trinajstić information content (AvgIpc) is 3.38. The zero-order chi connectivity index (χ0) is 24.9. The van der Waals surface area contributed by atoms with E-state index in [0.717, 1.165) is 15.8 Å². The van der Waals surface area contributed by atoms with Gasteiger partial charge >= 0.3 is 5.91 Å². The molecule has 1 aliphatic rings. The van der Waals surface area contributed by atoms with Gasteiger partial charge in [0.2, 0.25) is 0 Å². The number of carbonyl (C=O) groups is 2. The largest absolute Gasteiger partial charge is 0.507 e. The number of amides is 1. The monoisotopic (exact) mass is 504 g/mol. The van der Waals surface area contributed by atoms with E-state index in [-0.39, 0.29) is 11.3 Å². The second-order valence-corrected chi connectivity index (χ2v) is 9.81. The lowest BCUT2D eigenvalue weighted by molar-refractivity contribution is -0.132. The molecule has 1 unspecified atom stereocenters. The zero-order valence-electron chi connectivity index (χ0n) is 19.2. The van der Waals surface area contributed by atoms with E-state index in [9.17, 15) is 14.7 Å². The minimum atomic E-state index is -0.864. The summed E-state index contributed by atoms with van der Waals surface area (Å²) in [7, 11) is 1.56. The van der Waals surface area contributed by atoms with Gasteiger partial charge in [-0.2, -0.15) is 0 Å². The SMILES string of the molecule is COc1ccc(C2C(=C(O)c3cc(C)ccc3C)C(=O)C(=O)N2c2nc3ccc(Cl)cc3s2)cc1. The molecule has 1 atom stereocenters. The molecule has 6 nitrogen and oxygen atoms in total. The smallest absolute Gasteiger partial charge is 0.301 e. The number of aromatic nitrogens is 1. The highest BCUT2D eigenvalue weighted by Gasteiger charge is 2.48. The topological polar surface area (TPSA) is 79.7 Å². The Morgan fingerprint density at radius 3 is 2.51 bits per heavy atom. The Hall–Kier alpha value is -3.68. The highest BCUT2D eigenvalue weighted by molar-refractivity contribution is 7.22. The van der Waals surface area contributed by atoms with Gasteiger partial charge < -0.3 is 9.84 Å². The normalized spacial score (nSPS) is 17.4. The zero-order valence-corrected chi connectivity index (χ0v) is 20.8. The van der Waals surface area contributed by atoms with Crippen LogP contribution in [0.2, 0.25) is 5.02 Å². The van der Waals surface area contributed by atoms with Crippen LogP contribution in [-0.2, 0) is 9.59 Å². The molecule has 1 aromatic heterocycles. The number of carbonyl (C=O) groups excluding carboxylic acids is 2. The maximum Gasteiger partial charge on any atom is 0.301 e. The summed E-state index contributed by atoms with van der Waals surface area (Å²) in [6.45, 7) is 3.76. The summed E-state index contributed by atoms with van der Waals surface area (Å²) in [5.41, 5.74) is 3.56. The van der Waals surface area contributed by atoms with Crippen molar-refractivity contribution in [2.45, 2.75) is 19.9 Å². The first kappa shape index (κ1) is 23.1. The Labute approximate surface area is 211 Å². The van der Waals surface area contributed by atoms with Gasteiger partial charge in [-0.3, -0.25) is 14.5 Å². The van der Waals surface area contributed by atoms with Crippen molar-refractivity contribution in [1.29, 1.82) is 0 Å². The molecule has 3 aromatic carbocycles. The minimum Gasteiger partial charge on any atom is -0.507 e. The molecule has 2 heterocycles. The Morgan fingerprint density at radius 2 is 1.80 bits per heavy atom. The molecule has 4 aromatic rings. The van der Waals surface area contributed by atoms with Gasteiger partial charge in [-0.25, -0.2) is 4.98 Å². The Morgan fingerprint density at radius 1 is 1.06 bits per heavy atom. The number of Topliss-reactive ketones (excluding diaryl/α,β-unsaturated/α-hetero) is 1. The van der Waals surface area contributed by atoms with Gasteiger partial charge in [0, 0.05) is 10.6 Å². The molecule has 0 radical (unpaired) electrons. The summed E-state index contributed by atoms with van der Waals surface area (Å²) in [6.07, 6.45) is 0. The molecule has 176 valence electrons. The fourth-order valence-corrected chi connectivity index (χ4v) is 5.53. The number of ether oxygens (including phenoxy) is 1. The van der Waals surface area contributed by atoms with Crippen molar-refractivity contribution >= 4 is 55.7 Å². The van der Waals surface area contributed by atoms with Crippen LogP contribution in [0.25, 0.3) is 16.0 Å². The maximum absolute atomic E-state index is 13.4. The van der Waals surface area contributed by atoms with Crippen LogP contribution in [0.15, 0.2) is 66.2 Å². The van der Waals surface area contributed by atoms with E-state index in [1.807, 2.05) is 32.0 Å². The van der Waals surface area contributed by atoms with Crippen molar-refractivity contribution < 1.29 is 19.4 Å². The fourth-order valence-electron chi connectivity index (χ4n) is 4.26. The number of ketones is 1. The molecule has 1 saturated heterocycles. The number of hydrogen-bond acceptors (Lipinski definition) is 6. The first-order valence-corrected chi connectivity index (χ1v) is 12.1. The fraction of sp³-hybridized carbons (Fsp3) is 0.148. The molecule has 1 fully saturated rings. The maximum atomic E-state index is 13.4. The predicted molar refractivity (Wildman–Crippen MR) is 138 cm³/mol. The van der Waals surface area contributed by atoms with Gasteiger partial charge in [0.15, 0.2) is 5.13 Å². The number of benzene rings is 3. The van der Waals surface area contributed by atoms with Crippen molar-refractivity contribution in [2.75, 3.05) is 12.0 Å². The average molecular weight is 505 g/mol. The van der Waals surface area contributed by atoms with Crippen molar-refractivity contribution in [1.82, 2.24) is 4.98 Å². The Balaban J connectivity index is 1.75. The van der Waals surface area contributed by atoms with Crippen LogP contribution >= 0.6 is 22.9 Å². The lowest BCUT2D eigenvalue weighted by Crippen LogP contribution is -2.29. The summed E-state index contributed by atoms with van der Waals surface area (Å²) in [5, 5.41) is 12.3. The van der Waals surface area contributed by atoms with E-state index in [0.29, 0.717) is 32.5 Å². The number of halogens is 1. The number of anilines is 1. The van der Waals surface area contributed by atoms with E-state index >= 15 is 0 Å². The summed E-state index contributed by atoms with van der Waals surface area (Å²) in [5.74, 6) is -1.09. The Kier molecular flexibility index (Phi) is 5.83. The van der Waals surface area contributed by atoms with Crippen LogP contribution in [0.1, 0.15) is 28.3 Å². The molecule has 0 saturated carbocycles. The van der Waals surface area contributed by atoms with E-state index in [1.54, 1.807) is 49.6 Å². The molecule has 0 aliphatic carbocycles. The molecule has 1 amide bonds. The van der Waals surface area contributed by atoms with Crippen molar-refractivity contribution in [2.24, 2.45) is 0 Å². The number of aliphatic hydroxyl groups is 1. The molecule has 1 aliphatic heterocycles. The molecule has 8 heteroatoms. The summed E-state index contributed by atoms with van der Waals surface area (Å²) in [6, 6.07) is 17.1. The highest BCUT2D eigenvalue weighted by atomic mass is 35.5. The number of methoxy groups -OCH3 is 1. The number of aliphatic hydroxyl groups excluding tert-OH is 1. The van der Waals surface area contributed by atoms with Crippen molar-refractivity contribution in [3.05, 3.63) is 93.5 Å². The summed E-state index contributed by atoms with van der Waals surface area (Å²) < 4.78 is 6.07. The van der Waals surface area contributed by atoms with Gasteiger partial charge in [-0.05, 0) is 61.4 Å². The first-order valence-electron chi connectivity index (χ1n) is 10.9. The van der Waals surface area contributed by atoms with E-state index in [1.165, 1.54) is 16.2 Å². The molecular weight excluding hydrogens is 484 g/mol. The molecule has 0 bridgehead atoms. The van der Waals surface area contributed by atoms with Gasteiger partial charge in [0.25, 0.3) is 5.78 Å². The third-order valence-corrected chi connectivity index (χ3v) is 7.32. The second kappa shape index (κ2) is 8.83. The van der Waals surface area contributed by atoms with E-state index in [2.05, 4.69) is 4.98 Å². The van der Waals surface area contributed by atoms with Gasteiger partial charge in [-0.1, -0.05) is 52.8 Å². The molecule has 35 heavy (non-hydrogen) atoms. The van der Waals surface area contributed by atoms with Crippen LogP contribution in [0.3, 0.4) is 0 Å². The second-order valence-electron chi connectivity index (χ2n) is 8.37. The molecular formula is C27H21ClN2O4S. The van der Waals surface area contributed by atoms with Crippen LogP contribution in [0, 0.1) is 13.8 Å². The van der Waals surface area contributed by atoms with Crippen molar-refractivity contribution in [3.63, 3.8) is 0 Å². The number of thiazole rings is 1. The van der Waals surface area contributed by atoms with Gasteiger partial charge in [0.05, 0.1) is 28.9 Å². The third kappa shape index (κ3) is 3.96. The quantitative estimate of drug-likeness (QED) is 0.203. The summed E-state index contributed by atoms with van der Waals surface area (Å²) >= 11 is 7.41. The number of nitrogens with zero attached hydrogens (tertiary/aromatic N) is 2. The molecule has 1 N–H and O–H groups in total.